The van der Waals surface area contributed by atoms with Crippen LogP contribution in [0.3, 0.4) is 0 Å². The first-order valence-electron chi connectivity index (χ1n) is 7.54. The van der Waals surface area contributed by atoms with E-state index in [0.29, 0.717) is 16.4 Å². The summed E-state index contributed by atoms with van der Waals surface area (Å²) >= 11 is 0. The molecule has 2 aromatic rings. The van der Waals surface area contributed by atoms with Crippen LogP contribution in [0.25, 0.3) is 0 Å². The Balaban J connectivity index is 1.56. The molecule has 8 heteroatoms. The number of nitrogens with one attached hydrogen (secondary N) is 2. The van der Waals surface area contributed by atoms with Gasteiger partial charge in [-0.1, -0.05) is 12.1 Å². The Morgan fingerprint density at radius 1 is 1.21 bits per heavy atom. The van der Waals surface area contributed by atoms with Crippen molar-refractivity contribution >= 4 is 17.5 Å². The second-order valence-corrected chi connectivity index (χ2v) is 5.63. The lowest BCUT2D eigenvalue weighted by Gasteiger charge is -2.06. The molecule has 1 aromatic heterocycles. The predicted octanol–water partition coefficient (Wildman–Crippen LogP) is 2.35. The molecule has 0 spiro atoms. The number of nitrogens with zero attached hydrogens (tertiary/aromatic N) is 2. The van der Waals surface area contributed by atoms with Gasteiger partial charge in [0.05, 0.1) is 6.42 Å². The van der Waals surface area contributed by atoms with Gasteiger partial charge < -0.3 is 10.6 Å². The monoisotopic (exact) mass is 334 g/mol. The van der Waals surface area contributed by atoms with Crippen LogP contribution in [0, 0.1) is 0 Å². The Kier molecular flexibility index (Phi) is 4.54. The van der Waals surface area contributed by atoms with Crippen LogP contribution in [0.15, 0.2) is 36.5 Å². The summed E-state index contributed by atoms with van der Waals surface area (Å²) in [6.07, 6.45) is 3.40. The number of halogens is 2. The molecule has 1 saturated carbocycles. The van der Waals surface area contributed by atoms with Gasteiger partial charge in [-0.15, -0.1) is 0 Å². The van der Waals surface area contributed by atoms with Crippen LogP contribution in [-0.4, -0.2) is 27.6 Å². The molecule has 1 fully saturated rings. The topological polar surface area (TPSA) is 76.0 Å². The molecule has 0 saturated heterocycles. The van der Waals surface area contributed by atoms with Crippen LogP contribution in [0.4, 0.5) is 14.5 Å². The second-order valence-electron chi connectivity index (χ2n) is 5.63. The van der Waals surface area contributed by atoms with Crippen molar-refractivity contribution in [2.24, 2.45) is 0 Å². The Bertz CT molecular complexity index is 739. The van der Waals surface area contributed by atoms with E-state index in [9.17, 15) is 18.4 Å². The summed E-state index contributed by atoms with van der Waals surface area (Å²) in [4.78, 5) is 23.7. The molecule has 126 valence electrons. The number of hydrogen-bond acceptors (Lipinski definition) is 3. The molecule has 0 radical (unpaired) electrons. The van der Waals surface area contributed by atoms with Gasteiger partial charge in [-0.25, -0.2) is 4.68 Å². The van der Waals surface area contributed by atoms with Crippen molar-refractivity contribution in [1.82, 2.24) is 15.1 Å². The van der Waals surface area contributed by atoms with E-state index in [1.807, 2.05) is 0 Å². The molecule has 1 aromatic carbocycles. The summed E-state index contributed by atoms with van der Waals surface area (Å²) in [7, 11) is 0. The van der Waals surface area contributed by atoms with Crippen molar-refractivity contribution in [3.8, 4) is 0 Å². The molecule has 1 aliphatic rings. The molecule has 0 atom stereocenters. The average Bonchev–Trinajstić information content (AvgIpc) is 3.20. The number of aromatic nitrogens is 2. The van der Waals surface area contributed by atoms with Crippen molar-refractivity contribution in [1.29, 1.82) is 0 Å². The van der Waals surface area contributed by atoms with Crippen LogP contribution in [0.5, 0.6) is 0 Å². The maximum absolute atomic E-state index is 12.4. The van der Waals surface area contributed by atoms with E-state index >= 15 is 0 Å². The third-order valence-electron chi connectivity index (χ3n) is 3.56. The fourth-order valence-corrected chi connectivity index (χ4v) is 2.16. The van der Waals surface area contributed by atoms with Gasteiger partial charge in [0.15, 0.2) is 5.69 Å². The van der Waals surface area contributed by atoms with E-state index in [1.165, 1.54) is 6.07 Å². The van der Waals surface area contributed by atoms with E-state index in [4.69, 9.17) is 0 Å². The van der Waals surface area contributed by atoms with Crippen molar-refractivity contribution < 1.29 is 18.4 Å². The van der Waals surface area contributed by atoms with Gasteiger partial charge in [0.1, 0.15) is 0 Å². The largest absolute Gasteiger partial charge is 0.353 e. The molecule has 0 unspecified atom stereocenters. The van der Waals surface area contributed by atoms with Gasteiger partial charge in [-0.2, -0.15) is 13.9 Å². The Morgan fingerprint density at radius 3 is 2.50 bits per heavy atom. The fraction of sp³-hybridized carbons (Fsp3) is 0.312. The van der Waals surface area contributed by atoms with E-state index in [1.54, 1.807) is 24.3 Å². The molecule has 0 aliphatic heterocycles. The number of amides is 2. The summed E-state index contributed by atoms with van der Waals surface area (Å²) in [6.45, 7) is -2.78. The number of alkyl halides is 2. The van der Waals surface area contributed by atoms with Crippen LogP contribution in [-0.2, 0) is 11.2 Å². The minimum absolute atomic E-state index is 0.0215. The van der Waals surface area contributed by atoms with E-state index in [-0.39, 0.29) is 18.0 Å². The number of benzene rings is 1. The van der Waals surface area contributed by atoms with Crippen molar-refractivity contribution in [3.63, 3.8) is 0 Å². The number of carbonyl (C=O) groups excluding carboxylic acids is 2. The first kappa shape index (κ1) is 16.1. The van der Waals surface area contributed by atoms with Crippen molar-refractivity contribution in [2.45, 2.75) is 31.9 Å². The third kappa shape index (κ3) is 4.15. The first-order valence-corrected chi connectivity index (χ1v) is 7.54. The lowest BCUT2D eigenvalue weighted by molar-refractivity contribution is -0.120. The number of rotatable bonds is 6. The smallest absolute Gasteiger partial charge is 0.333 e. The average molecular weight is 334 g/mol. The van der Waals surface area contributed by atoms with Crippen LogP contribution >= 0.6 is 0 Å². The van der Waals surface area contributed by atoms with Crippen LogP contribution < -0.4 is 10.6 Å². The van der Waals surface area contributed by atoms with Crippen LogP contribution in [0.2, 0.25) is 0 Å². The number of hydrogen-bond donors (Lipinski definition) is 2. The number of anilines is 1. The molecule has 24 heavy (non-hydrogen) atoms. The highest BCUT2D eigenvalue weighted by Gasteiger charge is 2.23. The van der Waals surface area contributed by atoms with Gasteiger partial charge in [-0.3, -0.25) is 9.59 Å². The normalized spacial score (nSPS) is 13.8. The number of carbonyl (C=O) groups is 2. The lowest BCUT2D eigenvalue weighted by Crippen LogP contribution is -2.26. The minimum atomic E-state index is -2.78. The lowest BCUT2D eigenvalue weighted by atomic mass is 10.1. The summed E-state index contributed by atoms with van der Waals surface area (Å²) in [5, 5.41) is 8.97. The molecular weight excluding hydrogens is 318 g/mol. The molecular formula is C16H16F2N4O2. The summed E-state index contributed by atoms with van der Waals surface area (Å²) in [5.41, 5.74) is 1.23. The molecule has 1 aliphatic carbocycles. The van der Waals surface area contributed by atoms with Crippen LogP contribution in [0.1, 0.15) is 35.4 Å². The van der Waals surface area contributed by atoms with E-state index in [2.05, 4.69) is 15.7 Å². The second kappa shape index (κ2) is 6.77. The van der Waals surface area contributed by atoms with E-state index in [0.717, 1.165) is 24.6 Å². The van der Waals surface area contributed by atoms with Crippen molar-refractivity contribution in [2.75, 3.05) is 5.32 Å². The van der Waals surface area contributed by atoms with Gasteiger partial charge >= 0.3 is 6.55 Å². The molecule has 2 amide bonds. The van der Waals surface area contributed by atoms with Gasteiger partial charge in [0, 0.05) is 17.9 Å². The SMILES string of the molecule is O=C(Cc1ccc(NC(=O)c2ccn(C(F)F)n2)cc1)NC1CC1. The zero-order valence-corrected chi connectivity index (χ0v) is 12.7. The maximum atomic E-state index is 12.4. The Morgan fingerprint density at radius 2 is 1.92 bits per heavy atom. The summed E-state index contributed by atoms with van der Waals surface area (Å²) in [5.74, 6) is -0.597. The molecule has 3 rings (SSSR count). The molecule has 0 bridgehead atoms. The van der Waals surface area contributed by atoms with Gasteiger partial charge in [-0.05, 0) is 36.6 Å². The highest BCUT2D eigenvalue weighted by Crippen LogP contribution is 2.19. The van der Waals surface area contributed by atoms with E-state index < -0.39 is 12.5 Å². The first-order chi connectivity index (χ1) is 11.5. The summed E-state index contributed by atoms with van der Waals surface area (Å²) < 4.78 is 25.3. The third-order valence-corrected chi connectivity index (χ3v) is 3.56. The van der Waals surface area contributed by atoms with Crippen molar-refractivity contribution in [3.05, 3.63) is 47.8 Å². The zero-order valence-electron chi connectivity index (χ0n) is 12.7. The Labute approximate surface area is 136 Å². The van der Waals surface area contributed by atoms with Gasteiger partial charge in [0.2, 0.25) is 5.91 Å². The minimum Gasteiger partial charge on any atom is -0.353 e. The molecule has 2 N–H and O–H groups in total. The highest BCUT2D eigenvalue weighted by molar-refractivity contribution is 6.02. The quantitative estimate of drug-likeness (QED) is 0.851. The summed E-state index contributed by atoms with van der Waals surface area (Å²) in [6, 6.07) is 8.32. The maximum Gasteiger partial charge on any atom is 0.333 e. The zero-order chi connectivity index (χ0) is 17.1. The highest BCUT2D eigenvalue weighted by atomic mass is 19.3. The fourth-order valence-electron chi connectivity index (χ4n) is 2.16. The standard InChI is InChI=1S/C16H16F2N4O2/c17-16(18)22-8-7-13(21-22)15(24)20-12-3-1-10(2-4-12)9-14(23)19-11-5-6-11/h1-4,7-8,11,16H,5-6,9H2,(H,19,23)(H,20,24). The predicted molar refractivity (Wildman–Crippen MR) is 82.7 cm³/mol. The molecule has 1 heterocycles. The Hall–Kier alpha value is -2.77. The molecule has 6 nitrogen and oxygen atoms in total. The van der Waals surface area contributed by atoms with Gasteiger partial charge in [0.25, 0.3) is 5.91 Å².